The van der Waals surface area contributed by atoms with Crippen molar-refractivity contribution in [2.24, 2.45) is 5.10 Å². The molecule has 28 heavy (non-hydrogen) atoms. The number of hydrogen-bond donors (Lipinski definition) is 2. The second-order valence-electron chi connectivity index (χ2n) is 5.84. The fraction of sp³-hybridized carbons (Fsp3) is 0.105. The molecule has 0 aliphatic rings. The molecule has 0 saturated carbocycles. The predicted molar refractivity (Wildman–Crippen MR) is 96.3 cm³/mol. The third-order valence-corrected chi connectivity index (χ3v) is 3.84. The molecule has 0 unspecified atom stereocenters. The van der Waals surface area contributed by atoms with Gasteiger partial charge in [0.1, 0.15) is 17.3 Å². The van der Waals surface area contributed by atoms with Crippen molar-refractivity contribution in [3.63, 3.8) is 0 Å². The number of anilines is 1. The smallest absolute Gasteiger partial charge is 0.417 e. The molecule has 0 spiro atoms. The normalized spacial score (nSPS) is 11.7. The van der Waals surface area contributed by atoms with Crippen LogP contribution in [0.3, 0.4) is 0 Å². The number of hydrazone groups is 1. The topological polar surface area (TPSA) is 87.7 Å². The number of hydrogen-bond acceptors (Lipinski definition) is 5. The number of carbonyl (C=O) groups is 1. The molecular formula is C19H14F3N3O3. The maximum atomic E-state index is 12.5. The van der Waals surface area contributed by atoms with Crippen LogP contribution in [0.5, 0.6) is 0 Å². The molecule has 144 valence electrons. The fourth-order valence-electron chi connectivity index (χ4n) is 2.38. The zero-order valence-corrected chi connectivity index (χ0v) is 14.5. The molecule has 3 aromatic rings. The number of carboxylic acids is 1. The highest BCUT2D eigenvalue weighted by Gasteiger charge is 2.30. The maximum Gasteiger partial charge on any atom is 0.417 e. The van der Waals surface area contributed by atoms with E-state index in [1.807, 2.05) is 6.92 Å². The quantitative estimate of drug-likeness (QED) is 0.483. The molecule has 2 heterocycles. The van der Waals surface area contributed by atoms with Gasteiger partial charge in [-0.3, -0.25) is 5.43 Å². The van der Waals surface area contributed by atoms with Crippen molar-refractivity contribution in [3.05, 3.63) is 71.1 Å². The molecule has 9 heteroatoms. The zero-order chi connectivity index (χ0) is 20.3. The van der Waals surface area contributed by atoms with E-state index in [-0.39, 0.29) is 11.4 Å². The second kappa shape index (κ2) is 7.55. The van der Waals surface area contributed by atoms with Crippen LogP contribution >= 0.6 is 0 Å². The number of halogens is 3. The van der Waals surface area contributed by atoms with Crippen LogP contribution in [-0.4, -0.2) is 22.3 Å². The summed E-state index contributed by atoms with van der Waals surface area (Å²) in [7, 11) is 0. The van der Waals surface area contributed by atoms with Crippen molar-refractivity contribution >= 4 is 18.0 Å². The van der Waals surface area contributed by atoms with Crippen molar-refractivity contribution < 1.29 is 27.5 Å². The summed E-state index contributed by atoms with van der Waals surface area (Å²) in [5.74, 6) is -0.0619. The maximum absolute atomic E-state index is 12.5. The Hall–Kier alpha value is -3.62. The summed E-state index contributed by atoms with van der Waals surface area (Å²) in [5.41, 5.74) is 3.28. The van der Waals surface area contributed by atoms with Gasteiger partial charge in [-0.05, 0) is 48.9 Å². The Morgan fingerprint density at radius 1 is 1.21 bits per heavy atom. The summed E-state index contributed by atoms with van der Waals surface area (Å²) in [6.07, 6.45) is -2.41. The zero-order valence-electron chi connectivity index (χ0n) is 14.5. The molecule has 0 aliphatic carbocycles. The van der Waals surface area contributed by atoms with Crippen LogP contribution in [0.15, 0.2) is 58.2 Å². The first-order valence-corrected chi connectivity index (χ1v) is 8.00. The lowest BCUT2D eigenvalue weighted by atomic mass is 10.0. The highest BCUT2D eigenvalue weighted by molar-refractivity contribution is 5.89. The summed E-state index contributed by atoms with van der Waals surface area (Å²) in [5, 5.41) is 13.0. The number of benzene rings is 1. The summed E-state index contributed by atoms with van der Waals surface area (Å²) < 4.78 is 43.1. The predicted octanol–water partition coefficient (Wildman–Crippen LogP) is 4.81. The largest absolute Gasteiger partial charge is 0.478 e. The van der Waals surface area contributed by atoms with Gasteiger partial charge >= 0.3 is 12.1 Å². The van der Waals surface area contributed by atoms with Gasteiger partial charge in [0.15, 0.2) is 0 Å². The first kappa shape index (κ1) is 19.2. The van der Waals surface area contributed by atoms with E-state index in [2.05, 4.69) is 15.5 Å². The number of aromatic nitrogens is 1. The van der Waals surface area contributed by atoms with Crippen LogP contribution in [-0.2, 0) is 6.18 Å². The Bertz CT molecular complexity index is 1020. The molecule has 6 nitrogen and oxygen atoms in total. The summed E-state index contributed by atoms with van der Waals surface area (Å²) in [6, 6.07) is 10.1. The number of alkyl halides is 3. The van der Waals surface area contributed by atoms with E-state index in [1.165, 1.54) is 18.3 Å². The van der Waals surface area contributed by atoms with E-state index in [0.717, 1.165) is 17.7 Å². The van der Waals surface area contributed by atoms with Gasteiger partial charge in [0.25, 0.3) is 0 Å². The fourth-order valence-corrected chi connectivity index (χ4v) is 2.38. The van der Waals surface area contributed by atoms with E-state index in [1.54, 1.807) is 18.2 Å². The average Bonchev–Trinajstić information content (AvgIpc) is 3.10. The first-order valence-electron chi connectivity index (χ1n) is 8.00. The van der Waals surface area contributed by atoms with Crippen LogP contribution < -0.4 is 5.43 Å². The monoisotopic (exact) mass is 389 g/mol. The summed E-state index contributed by atoms with van der Waals surface area (Å²) in [6.45, 7) is 1.83. The van der Waals surface area contributed by atoms with Gasteiger partial charge in [-0.15, -0.1) is 0 Å². The lowest BCUT2D eigenvalue weighted by molar-refractivity contribution is -0.137. The Labute approximate surface area is 157 Å². The SMILES string of the molecule is Cc1ccc(C(=O)O)cc1-c1ccc(/C=N\Nc2ccc(C(F)(F)F)cn2)o1. The molecule has 0 aliphatic heterocycles. The molecule has 0 fully saturated rings. The molecule has 0 atom stereocenters. The first-order chi connectivity index (χ1) is 13.2. The van der Waals surface area contributed by atoms with Gasteiger partial charge in [0, 0.05) is 11.8 Å². The van der Waals surface area contributed by atoms with Crippen molar-refractivity contribution in [1.29, 1.82) is 0 Å². The number of furan rings is 1. The number of carboxylic acid groups (broad SMARTS) is 1. The minimum Gasteiger partial charge on any atom is -0.478 e. The Morgan fingerprint density at radius 2 is 2.00 bits per heavy atom. The van der Waals surface area contributed by atoms with Crippen molar-refractivity contribution in [2.75, 3.05) is 5.43 Å². The number of aromatic carboxylic acids is 1. The van der Waals surface area contributed by atoms with Gasteiger partial charge in [0.2, 0.25) is 0 Å². The van der Waals surface area contributed by atoms with Crippen LogP contribution in [0.4, 0.5) is 19.0 Å². The Balaban J connectivity index is 1.71. The number of nitrogens with zero attached hydrogens (tertiary/aromatic N) is 2. The van der Waals surface area contributed by atoms with E-state index in [9.17, 15) is 18.0 Å². The molecular weight excluding hydrogens is 375 g/mol. The molecule has 0 saturated heterocycles. The van der Waals surface area contributed by atoms with E-state index >= 15 is 0 Å². The van der Waals surface area contributed by atoms with Crippen LogP contribution in [0.2, 0.25) is 0 Å². The number of nitrogens with one attached hydrogen (secondary N) is 1. The number of pyridine rings is 1. The third kappa shape index (κ3) is 4.37. The summed E-state index contributed by atoms with van der Waals surface area (Å²) in [4.78, 5) is 14.8. The standard InChI is InChI=1S/C19H14F3N3O3/c1-11-2-3-12(18(26)27)8-15(11)16-6-5-14(28-16)10-24-25-17-7-4-13(9-23-17)19(20,21)22/h2-10H,1H3,(H,23,25)(H,26,27)/b24-10-. The Kier molecular flexibility index (Phi) is 5.16. The molecule has 2 aromatic heterocycles. The van der Waals surface area contributed by atoms with Crippen molar-refractivity contribution in [1.82, 2.24) is 4.98 Å². The number of rotatable bonds is 5. The lowest BCUT2D eigenvalue weighted by Crippen LogP contribution is -2.05. The highest BCUT2D eigenvalue weighted by Crippen LogP contribution is 2.29. The molecule has 0 amide bonds. The van der Waals surface area contributed by atoms with Crippen molar-refractivity contribution in [3.8, 4) is 11.3 Å². The highest BCUT2D eigenvalue weighted by atomic mass is 19.4. The van der Waals surface area contributed by atoms with Crippen molar-refractivity contribution in [2.45, 2.75) is 13.1 Å². The minimum absolute atomic E-state index is 0.140. The number of aryl methyl sites for hydroxylation is 1. The van der Waals surface area contributed by atoms with Gasteiger partial charge < -0.3 is 9.52 Å². The molecule has 0 radical (unpaired) electrons. The van der Waals surface area contributed by atoms with Gasteiger partial charge in [0.05, 0.1) is 17.3 Å². The summed E-state index contributed by atoms with van der Waals surface area (Å²) >= 11 is 0. The molecule has 3 rings (SSSR count). The Morgan fingerprint density at radius 3 is 2.64 bits per heavy atom. The van der Waals surface area contributed by atoms with Gasteiger partial charge in [-0.1, -0.05) is 6.07 Å². The molecule has 2 N–H and O–H groups in total. The average molecular weight is 389 g/mol. The van der Waals surface area contributed by atoms with E-state index in [0.29, 0.717) is 23.3 Å². The third-order valence-electron chi connectivity index (χ3n) is 3.84. The molecule has 1 aromatic carbocycles. The van der Waals surface area contributed by atoms with Crippen LogP contribution in [0.25, 0.3) is 11.3 Å². The van der Waals surface area contributed by atoms with Gasteiger partial charge in [-0.2, -0.15) is 18.3 Å². The second-order valence-corrected chi connectivity index (χ2v) is 5.84. The minimum atomic E-state index is -4.45. The van der Waals surface area contributed by atoms with E-state index < -0.39 is 17.7 Å². The van der Waals surface area contributed by atoms with E-state index in [4.69, 9.17) is 9.52 Å². The lowest BCUT2D eigenvalue weighted by Gasteiger charge is -2.06. The molecule has 0 bridgehead atoms. The van der Waals surface area contributed by atoms with Crippen LogP contribution in [0.1, 0.15) is 27.2 Å². The van der Waals surface area contributed by atoms with Gasteiger partial charge in [-0.25, -0.2) is 9.78 Å². The van der Waals surface area contributed by atoms with Crippen LogP contribution in [0, 0.1) is 6.92 Å².